The number of amides is 2. The summed E-state index contributed by atoms with van der Waals surface area (Å²) < 4.78 is 1.65. The molecule has 7 nitrogen and oxygen atoms in total. The number of para-hydroxylation sites is 1. The fraction of sp³-hybridized carbons (Fsp3) is 0.500. The lowest BCUT2D eigenvalue weighted by Gasteiger charge is -2.35. The average Bonchev–Trinajstić information content (AvgIpc) is 2.71. The Kier molecular flexibility index (Phi) is 6.72. The molecule has 1 fully saturated rings. The summed E-state index contributed by atoms with van der Waals surface area (Å²) >= 11 is 1.65. The molecule has 2 atom stereocenters. The van der Waals surface area contributed by atoms with Crippen LogP contribution >= 0.6 is 11.8 Å². The Bertz CT molecular complexity index is 914. The summed E-state index contributed by atoms with van der Waals surface area (Å²) in [5.74, 6) is 0.515. The second-order valence-electron chi connectivity index (χ2n) is 7.09. The largest absolute Gasteiger partial charge is 0.345 e. The Balaban J connectivity index is 1.79. The van der Waals surface area contributed by atoms with Gasteiger partial charge in [-0.25, -0.2) is 4.98 Å². The first kappa shape index (κ1) is 20.4. The minimum Gasteiger partial charge on any atom is -0.345 e. The van der Waals surface area contributed by atoms with Crippen LogP contribution in [0, 0.1) is 0 Å². The van der Waals surface area contributed by atoms with Crippen molar-refractivity contribution in [2.45, 2.75) is 38.3 Å². The number of nitrogens with one attached hydrogen (secondary N) is 1. The lowest BCUT2D eigenvalue weighted by atomic mass is 10.0. The van der Waals surface area contributed by atoms with E-state index in [1.807, 2.05) is 24.5 Å². The predicted octanol–water partition coefficient (Wildman–Crippen LogP) is 1.82. The molecule has 1 N–H and O–H groups in total. The Morgan fingerprint density at radius 3 is 2.89 bits per heavy atom. The van der Waals surface area contributed by atoms with E-state index >= 15 is 0 Å². The predicted molar refractivity (Wildman–Crippen MR) is 111 cm³/mol. The van der Waals surface area contributed by atoms with Crippen molar-refractivity contribution in [2.24, 2.45) is 0 Å². The molecule has 0 radical (unpaired) electrons. The summed E-state index contributed by atoms with van der Waals surface area (Å²) in [7, 11) is 0. The van der Waals surface area contributed by atoms with Crippen LogP contribution in [0.5, 0.6) is 0 Å². The Labute approximate surface area is 168 Å². The van der Waals surface area contributed by atoms with Crippen molar-refractivity contribution >= 4 is 34.5 Å². The van der Waals surface area contributed by atoms with E-state index < -0.39 is 6.04 Å². The molecular weight excluding hydrogens is 376 g/mol. The van der Waals surface area contributed by atoms with Gasteiger partial charge in [0.25, 0.3) is 5.56 Å². The minimum atomic E-state index is -0.518. The van der Waals surface area contributed by atoms with E-state index in [1.54, 1.807) is 33.6 Å². The third-order valence-corrected chi connectivity index (χ3v) is 5.72. The van der Waals surface area contributed by atoms with Gasteiger partial charge in [0.05, 0.1) is 23.3 Å². The maximum Gasteiger partial charge on any atom is 0.261 e. The number of carbonyl (C=O) groups is 2. The van der Waals surface area contributed by atoms with E-state index in [1.165, 1.54) is 6.92 Å². The summed E-state index contributed by atoms with van der Waals surface area (Å²) in [6, 6.07) is 6.66. The van der Waals surface area contributed by atoms with E-state index in [0.29, 0.717) is 30.4 Å². The van der Waals surface area contributed by atoms with Crippen molar-refractivity contribution in [1.29, 1.82) is 0 Å². The van der Waals surface area contributed by atoms with Crippen molar-refractivity contribution in [3.05, 3.63) is 40.9 Å². The first-order valence-corrected chi connectivity index (χ1v) is 10.9. The number of nitrogens with zero attached hydrogens (tertiary/aromatic N) is 3. The lowest BCUT2D eigenvalue weighted by molar-refractivity contribution is -0.137. The summed E-state index contributed by atoms with van der Waals surface area (Å²) in [6.07, 6.45) is 5.79. The number of hydrogen-bond acceptors (Lipinski definition) is 5. The highest BCUT2D eigenvalue weighted by molar-refractivity contribution is 7.98. The van der Waals surface area contributed by atoms with Crippen LogP contribution in [0.25, 0.3) is 10.9 Å². The van der Waals surface area contributed by atoms with Gasteiger partial charge in [-0.2, -0.15) is 11.8 Å². The molecule has 8 heteroatoms. The molecule has 1 saturated heterocycles. The third-order valence-electron chi connectivity index (χ3n) is 5.08. The molecule has 0 spiro atoms. The number of piperidine rings is 1. The molecule has 1 aromatic carbocycles. The Morgan fingerprint density at radius 1 is 1.36 bits per heavy atom. The van der Waals surface area contributed by atoms with Crippen LogP contribution < -0.4 is 10.9 Å². The van der Waals surface area contributed by atoms with Crippen LogP contribution in [-0.2, 0) is 9.59 Å². The second kappa shape index (κ2) is 9.23. The topological polar surface area (TPSA) is 84.3 Å². The van der Waals surface area contributed by atoms with Gasteiger partial charge in [0.1, 0.15) is 6.04 Å². The highest BCUT2D eigenvalue weighted by Gasteiger charge is 2.30. The summed E-state index contributed by atoms with van der Waals surface area (Å²) in [4.78, 5) is 43.6. The molecule has 2 unspecified atom stereocenters. The monoisotopic (exact) mass is 402 g/mol. The van der Waals surface area contributed by atoms with E-state index in [4.69, 9.17) is 0 Å². The molecule has 0 aliphatic carbocycles. The summed E-state index contributed by atoms with van der Waals surface area (Å²) in [6.45, 7) is 2.52. The van der Waals surface area contributed by atoms with Gasteiger partial charge in [0, 0.05) is 20.0 Å². The molecule has 2 aromatic rings. The van der Waals surface area contributed by atoms with Gasteiger partial charge >= 0.3 is 0 Å². The standard InChI is InChI=1S/C20H26N4O3S/c1-14(25)22-18(9-11-28-2)20(27)23-10-5-6-15(12-23)24-13-21-17-8-4-3-7-16(17)19(24)26/h3-4,7-8,13,15,18H,5-6,9-12H2,1-2H3,(H,22,25). The van der Waals surface area contributed by atoms with E-state index in [0.717, 1.165) is 18.6 Å². The molecule has 0 bridgehead atoms. The molecule has 1 aliphatic rings. The van der Waals surface area contributed by atoms with Gasteiger partial charge in [0.2, 0.25) is 11.8 Å². The first-order chi connectivity index (χ1) is 13.5. The molecule has 3 rings (SSSR count). The zero-order valence-electron chi connectivity index (χ0n) is 16.3. The number of benzene rings is 1. The van der Waals surface area contributed by atoms with Crippen LogP contribution in [0.3, 0.4) is 0 Å². The SMILES string of the molecule is CSCCC(NC(C)=O)C(=O)N1CCCC(n2cnc3ccccc3c2=O)C1. The van der Waals surface area contributed by atoms with Crippen molar-refractivity contribution in [3.8, 4) is 0 Å². The van der Waals surface area contributed by atoms with Gasteiger partial charge < -0.3 is 10.2 Å². The number of hydrogen-bond donors (Lipinski definition) is 1. The Hall–Kier alpha value is -2.35. The number of fused-ring (bicyclic) bond motifs is 1. The second-order valence-corrected chi connectivity index (χ2v) is 8.07. The quantitative estimate of drug-likeness (QED) is 0.797. The normalized spacial score (nSPS) is 18.1. The summed E-state index contributed by atoms with van der Waals surface area (Å²) in [5, 5.41) is 3.37. The zero-order valence-corrected chi connectivity index (χ0v) is 17.1. The highest BCUT2D eigenvalue weighted by Crippen LogP contribution is 2.22. The molecule has 1 aromatic heterocycles. The van der Waals surface area contributed by atoms with Gasteiger partial charge in [-0.1, -0.05) is 12.1 Å². The first-order valence-electron chi connectivity index (χ1n) is 9.52. The van der Waals surface area contributed by atoms with Crippen LogP contribution in [0.1, 0.15) is 32.2 Å². The Morgan fingerprint density at radius 2 is 2.14 bits per heavy atom. The zero-order chi connectivity index (χ0) is 20.1. The van der Waals surface area contributed by atoms with Gasteiger partial charge in [-0.15, -0.1) is 0 Å². The fourth-order valence-electron chi connectivity index (χ4n) is 3.68. The smallest absolute Gasteiger partial charge is 0.261 e. The number of thioether (sulfide) groups is 1. The van der Waals surface area contributed by atoms with Crippen molar-refractivity contribution in [2.75, 3.05) is 25.1 Å². The van der Waals surface area contributed by atoms with Crippen molar-refractivity contribution in [1.82, 2.24) is 19.8 Å². The maximum atomic E-state index is 13.0. The summed E-state index contributed by atoms with van der Waals surface area (Å²) in [5.41, 5.74) is 0.598. The maximum absolute atomic E-state index is 13.0. The highest BCUT2D eigenvalue weighted by atomic mass is 32.2. The number of rotatable bonds is 6. The molecule has 2 heterocycles. The van der Waals surface area contributed by atoms with Crippen LogP contribution in [-0.4, -0.2) is 57.4 Å². The van der Waals surface area contributed by atoms with Crippen LogP contribution in [0.2, 0.25) is 0 Å². The minimum absolute atomic E-state index is 0.0734. The van der Waals surface area contributed by atoms with Crippen molar-refractivity contribution in [3.63, 3.8) is 0 Å². The van der Waals surface area contributed by atoms with Crippen molar-refractivity contribution < 1.29 is 9.59 Å². The number of likely N-dealkylation sites (tertiary alicyclic amines) is 1. The van der Waals surface area contributed by atoms with Gasteiger partial charge in [-0.05, 0) is 43.4 Å². The average molecular weight is 403 g/mol. The third kappa shape index (κ3) is 4.55. The number of aromatic nitrogens is 2. The van der Waals surface area contributed by atoms with Gasteiger partial charge in [-0.3, -0.25) is 19.0 Å². The van der Waals surface area contributed by atoms with Gasteiger partial charge in [0.15, 0.2) is 0 Å². The van der Waals surface area contributed by atoms with Crippen LogP contribution in [0.15, 0.2) is 35.4 Å². The molecule has 28 heavy (non-hydrogen) atoms. The van der Waals surface area contributed by atoms with E-state index in [9.17, 15) is 14.4 Å². The van der Waals surface area contributed by atoms with Crippen LogP contribution in [0.4, 0.5) is 0 Å². The molecule has 2 amide bonds. The molecule has 1 aliphatic heterocycles. The van der Waals surface area contributed by atoms with E-state index in [-0.39, 0.29) is 23.4 Å². The fourth-order valence-corrected chi connectivity index (χ4v) is 4.16. The number of carbonyl (C=O) groups excluding carboxylic acids is 2. The molecule has 0 saturated carbocycles. The lowest BCUT2D eigenvalue weighted by Crippen LogP contribution is -2.52. The van der Waals surface area contributed by atoms with E-state index in [2.05, 4.69) is 10.3 Å². The molecule has 150 valence electrons. The molecular formula is C20H26N4O3S.